The summed E-state index contributed by atoms with van der Waals surface area (Å²) >= 11 is 11.9. The van der Waals surface area contributed by atoms with Crippen LogP contribution in [-0.2, 0) is 10.0 Å². The van der Waals surface area contributed by atoms with Gasteiger partial charge in [0.1, 0.15) is 4.90 Å². The van der Waals surface area contributed by atoms with Crippen LogP contribution >= 0.6 is 23.2 Å². The molecule has 1 fully saturated rings. The molecular formula is C13H18Cl2N2O2S. The second-order valence-corrected chi connectivity index (χ2v) is 7.79. The fourth-order valence-corrected chi connectivity index (χ4v) is 5.22. The lowest BCUT2D eigenvalue weighted by atomic mass is 10.1. The molecular weight excluding hydrogens is 319 g/mol. The molecule has 1 aliphatic heterocycles. The summed E-state index contributed by atoms with van der Waals surface area (Å²) in [7, 11) is -3.69. The van der Waals surface area contributed by atoms with E-state index in [-0.39, 0.29) is 21.6 Å². The minimum atomic E-state index is -3.69. The van der Waals surface area contributed by atoms with Gasteiger partial charge in [-0.3, -0.25) is 0 Å². The first-order valence-electron chi connectivity index (χ1n) is 6.60. The molecule has 0 radical (unpaired) electrons. The van der Waals surface area contributed by atoms with E-state index >= 15 is 0 Å². The average molecular weight is 337 g/mol. The molecule has 1 atom stereocenters. The SMILES string of the molecule is CC1CCCCCN1S(=O)(=O)c1c(N)cc(Cl)cc1Cl. The molecule has 0 aliphatic carbocycles. The van der Waals surface area contributed by atoms with Crippen molar-refractivity contribution in [2.75, 3.05) is 12.3 Å². The van der Waals surface area contributed by atoms with E-state index in [1.165, 1.54) is 16.4 Å². The van der Waals surface area contributed by atoms with Gasteiger partial charge in [0.15, 0.2) is 0 Å². The van der Waals surface area contributed by atoms with Gasteiger partial charge >= 0.3 is 0 Å². The molecule has 0 spiro atoms. The highest BCUT2D eigenvalue weighted by molar-refractivity contribution is 7.89. The summed E-state index contributed by atoms with van der Waals surface area (Å²) in [5.74, 6) is 0. The van der Waals surface area contributed by atoms with E-state index < -0.39 is 10.0 Å². The largest absolute Gasteiger partial charge is 0.398 e. The second-order valence-electron chi connectivity index (χ2n) is 5.12. The lowest BCUT2D eigenvalue weighted by Gasteiger charge is -2.27. The molecule has 1 unspecified atom stereocenters. The smallest absolute Gasteiger partial charge is 0.246 e. The monoisotopic (exact) mass is 336 g/mol. The van der Waals surface area contributed by atoms with Crippen molar-refractivity contribution in [2.45, 2.75) is 43.5 Å². The fourth-order valence-electron chi connectivity index (χ4n) is 2.58. The Labute approximate surface area is 129 Å². The van der Waals surface area contributed by atoms with Gasteiger partial charge in [0.2, 0.25) is 10.0 Å². The quantitative estimate of drug-likeness (QED) is 0.840. The lowest BCUT2D eigenvalue weighted by molar-refractivity contribution is 0.342. The Morgan fingerprint density at radius 3 is 2.60 bits per heavy atom. The van der Waals surface area contributed by atoms with E-state index in [1.807, 2.05) is 6.92 Å². The first-order chi connectivity index (χ1) is 9.34. The maximum atomic E-state index is 12.8. The zero-order valence-electron chi connectivity index (χ0n) is 11.3. The third-order valence-electron chi connectivity index (χ3n) is 3.60. The minimum Gasteiger partial charge on any atom is -0.398 e. The minimum absolute atomic E-state index is 0.0303. The van der Waals surface area contributed by atoms with Crippen LogP contribution in [0.3, 0.4) is 0 Å². The first-order valence-corrected chi connectivity index (χ1v) is 8.80. The van der Waals surface area contributed by atoms with Crippen LogP contribution < -0.4 is 5.73 Å². The van der Waals surface area contributed by atoms with Crippen molar-refractivity contribution in [2.24, 2.45) is 0 Å². The molecule has 2 N–H and O–H groups in total. The highest BCUT2D eigenvalue weighted by Gasteiger charge is 2.33. The van der Waals surface area contributed by atoms with Crippen LogP contribution in [0.4, 0.5) is 5.69 Å². The number of nitrogens with zero attached hydrogens (tertiary/aromatic N) is 1. The summed E-state index contributed by atoms with van der Waals surface area (Å²) in [6, 6.07) is 2.78. The summed E-state index contributed by atoms with van der Waals surface area (Å²) < 4.78 is 27.1. The zero-order chi connectivity index (χ0) is 14.9. The Kier molecular flexibility index (Phi) is 4.84. The van der Waals surface area contributed by atoms with Crippen LogP contribution in [0.25, 0.3) is 0 Å². The number of sulfonamides is 1. The molecule has 1 heterocycles. The number of halogens is 2. The number of nitrogens with two attached hydrogens (primary N) is 1. The third kappa shape index (κ3) is 3.06. The summed E-state index contributed by atoms with van der Waals surface area (Å²) in [6.45, 7) is 2.42. The topological polar surface area (TPSA) is 63.4 Å². The Morgan fingerprint density at radius 1 is 1.25 bits per heavy atom. The average Bonchev–Trinajstić information content (AvgIpc) is 2.52. The van der Waals surface area contributed by atoms with Crippen molar-refractivity contribution in [3.63, 3.8) is 0 Å². The summed E-state index contributed by atoms with van der Waals surface area (Å²) in [6.07, 6.45) is 3.79. The third-order valence-corrected chi connectivity index (χ3v) is 6.36. The lowest BCUT2D eigenvalue weighted by Crippen LogP contribution is -2.38. The molecule has 112 valence electrons. The van der Waals surface area contributed by atoms with Gasteiger partial charge in [-0.15, -0.1) is 0 Å². The van der Waals surface area contributed by atoms with Crippen molar-refractivity contribution in [3.05, 3.63) is 22.2 Å². The molecule has 0 amide bonds. The highest BCUT2D eigenvalue weighted by Crippen LogP contribution is 2.35. The standard InChI is InChI=1S/C13H18Cl2N2O2S/c1-9-5-3-2-4-6-17(9)20(18,19)13-11(15)7-10(14)8-12(13)16/h7-9H,2-6,16H2,1H3. The number of nitrogen functional groups attached to an aromatic ring is 1. The Bertz CT molecular complexity index is 581. The maximum absolute atomic E-state index is 12.8. The molecule has 1 aromatic carbocycles. The molecule has 0 saturated carbocycles. The number of rotatable bonds is 2. The number of hydrogen-bond acceptors (Lipinski definition) is 3. The van der Waals surface area contributed by atoms with Gasteiger partial charge < -0.3 is 5.73 Å². The molecule has 1 aliphatic rings. The van der Waals surface area contributed by atoms with Gasteiger partial charge in [-0.25, -0.2) is 8.42 Å². The first kappa shape index (κ1) is 15.9. The molecule has 20 heavy (non-hydrogen) atoms. The van der Waals surface area contributed by atoms with E-state index in [2.05, 4.69) is 0 Å². The normalized spacial score (nSPS) is 21.6. The van der Waals surface area contributed by atoms with Crippen LogP contribution in [0.2, 0.25) is 10.0 Å². The van der Waals surface area contributed by atoms with Crippen molar-refractivity contribution in [1.82, 2.24) is 4.31 Å². The van der Waals surface area contributed by atoms with Crippen molar-refractivity contribution in [3.8, 4) is 0 Å². The predicted octanol–water partition coefficient (Wildman–Crippen LogP) is 3.53. The van der Waals surface area contributed by atoms with Crippen LogP contribution in [0.5, 0.6) is 0 Å². The fraction of sp³-hybridized carbons (Fsp3) is 0.538. The molecule has 1 saturated heterocycles. The van der Waals surface area contributed by atoms with Crippen LogP contribution in [0.1, 0.15) is 32.6 Å². The summed E-state index contributed by atoms with van der Waals surface area (Å²) in [5, 5.41) is 0.404. The Balaban J connectivity index is 2.49. The van der Waals surface area contributed by atoms with Crippen LogP contribution in [0.15, 0.2) is 17.0 Å². The van der Waals surface area contributed by atoms with Gasteiger partial charge in [-0.05, 0) is 31.9 Å². The molecule has 4 nitrogen and oxygen atoms in total. The maximum Gasteiger partial charge on any atom is 0.246 e. The number of anilines is 1. The van der Waals surface area contributed by atoms with Crippen molar-refractivity contribution < 1.29 is 8.42 Å². The van der Waals surface area contributed by atoms with Crippen LogP contribution in [-0.4, -0.2) is 25.3 Å². The Morgan fingerprint density at radius 2 is 1.95 bits per heavy atom. The van der Waals surface area contributed by atoms with E-state index in [0.717, 1.165) is 25.7 Å². The summed E-state index contributed by atoms with van der Waals surface area (Å²) in [4.78, 5) is -0.0303. The zero-order valence-corrected chi connectivity index (χ0v) is 13.6. The Hall–Kier alpha value is -0.490. The highest BCUT2D eigenvalue weighted by atomic mass is 35.5. The molecule has 1 aromatic rings. The van der Waals surface area contributed by atoms with E-state index in [1.54, 1.807) is 0 Å². The van der Waals surface area contributed by atoms with E-state index in [0.29, 0.717) is 11.6 Å². The van der Waals surface area contributed by atoms with Gasteiger partial charge in [0.25, 0.3) is 0 Å². The molecule has 0 aromatic heterocycles. The van der Waals surface area contributed by atoms with Gasteiger partial charge in [0.05, 0.1) is 10.7 Å². The molecule has 7 heteroatoms. The summed E-state index contributed by atoms with van der Waals surface area (Å²) in [5.41, 5.74) is 5.92. The van der Waals surface area contributed by atoms with Crippen molar-refractivity contribution in [1.29, 1.82) is 0 Å². The van der Waals surface area contributed by atoms with E-state index in [4.69, 9.17) is 28.9 Å². The van der Waals surface area contributed by atoms with Gasteiger partial charge in [-0.2, -0.15) is 4.31 Å². The van der Waals surface area contributed by atoms with E-state index in [9.17, 15) is 8.42 Å². The molecule has 0 bridgehead atoms. The van der Waals surface area contributed by atoms with Crippen LogP contribution in [0, 0.1) is 0 Å². The number of benzene rings is 1. The second kappa shape index (κ2) is 6.10. The van der Waals surface area contributed by atoms with Gasteiger partial charge in [-0.1, -0.05) is 36.0 Å². The van der Waals surface area contributed by atoms with Crippen molar-refractivity contribution >= 4 is 38.9 Å². The van der Waals surface area contributed by atoms with Gasteiger partial charge in [0, 0.05) is 17.6 Å². The predicted molar refractivity (Wildman–Crippen MR) is 82.7 cm³/mol. The molecule has 2 rings (SSSR count). The number of hydrogen-bond donors (Lipinski definition) is 1.